The van der Waals surface area contributed by atoms with Crippen molar-refractivity contribution >= 4 is 49.9 Å². The Hall–Kier alpha value is -2.39. The van der Waals surface area contributed by atoms with E-state index in [0.29, 0.717) is 16.9 Å². The van der Waals surface area contributed by atoms with E-state index in [0.717, 1.165) is 3.57 Å². The number of hydrogen-bond acceptors (Lipinski definition) is 3. The lowest BCUT2D eigenvalue weighted by Crippen LogP contribution is -2.17. The van der Waals surface area contributed by atoms with Gasteiger partial charge in [0.15, 0.2) is 0 Å². The largest absolute Gasteiger partial charge is 0.322 e. The summed E-state index contributed by atoms with van der Waals surface area (Å²) < 4.78 is 29.1. The first-order valence-electron chi connectivity index (χ1n) is 8.10. The molecule has 0 saturated carbocycles. The number of benzene rings is 3. The van der Waals surface area contributed by atoms with Gasteiger partial charge in [-0.1, -0.05) is 24.3 Å². The quantitative estimate of drug-likeness (QED) is 0.510. The lowest BCUT2D eigenvalue weighted by molar-refractivity contribution is 0.102. The summed E-state index contributed by atoms with van der Waals surface area (Å²) in [6, 6.07) is 20.6. The topological polar surface area (TPSA) is 75.3 Å². The van der Waals surface area contributed by atoms with Crippen LogP contribution in [-0.2, 0) is 10.0 Å². The second kappa shape index (κ2) is 8.10. The van der Waals surface area contributed by atoms with Crippen molar-refractivity contribution in [2.45, 2.75) is 11.8 Å². The molecule has 0 fully saturated rings. The number of aryl methyl sites for hydroxylation is 1. The van der Waals surface area contributed by atoms with Gasteiger partial charge in [-0.05, 0) is 83.6 Å². The number of hydrogen-bond donors (Lipinski definition) is 2. The van der Waals surface area contributed by atoms with Gasteiger partial charge in [-0.3, -0.25) is 9.52 Å². The second-order valence-electron chi connectivity index (χ2n) is 5.91. The molecule has 0 heterocycles. The van der Waals surface area contributed by atoms with Crippen molar-refractivity contribution in [2.75, 3.05) is 10.0 Å². The fraction of sp³-hybridized carbons (Fsp3) is 0.0500. The van der Waals surface area contributed by atoms with E-state index in [1.807, 2.05) is 12.1 Å². The zero-order valence-corrected chi connectivity index (χ0v) is 17.4. The fourth-order valence-electron chi connectivity index (χ4n) is 2.48. The lowest BCUT2D eigenvalue weighted by atomic mass is 10.1. The van der Waals surface area contributed by atoms with Crippen molar-refractivity contribution in [2.24, 2.45) is 0 Å². The number of halogens is 1. The number of amides is 1. The summed E-state index contributed by atoms with van der Waals surface area (Å²) in [5.74, 6) is -0.368. The van der Waals surface area contributed by atoms with Crippen LogP contribution in [0.15, 0.2) is 77.7 Å². The Balaban J connectivity index is 1.87. The van der Waals surface area contributed by atoms with E-state index in [1.165, 1.54) is 6.07 Å². The summed E-state index contributed by atoms with van der Waals surface area (Å²) in [7, 11) is -3.81. The Morgan fingerprint density at radius 3 is 2.22 bits per heavy atom. The molecule has 0 spiro atoms. The first-order chi connectivity index (χ1) is 12.8. The van der Waals surface area contributed by atoms with Crippen molar-refractivity contribution < 1.29 is 13.2 Å². The third-order valence-electron chi connectivity index (χ3n) is 3.87. The Labute approximate surface area is 172 Å². The number of rotatable bonds is 5. The number of anilines is 2. The van der Waals surface area contributed by atoms with Crippen LogP contribution in [0, 0.1) is 10.5 Å². The lowest BCUT2D eigenvalue weighted by Gasteiger charge is -2.12. The molecule has 0 aliphatic rings. The highest BCUT2D eigenvalue weighted by Crippen LogP contribution is 2.21. The summed E-state index contributed by atoms with van der Waals surface area (Å²) in [5, 5.41) is 2.78. The van der Waals surface area contributed by atoms with Crippen LogP contribution in [0.25, 0.3) is 0 Å². The molecule has 0 bridgehead atoms. The maximum absolute atomic E-state index is 12.7. The summed E-state index contributed by atoms with van der Waals surface area (Å²) in [4.78, 5) is 12.6. The van der Waals surface area contributed by atoms with E-state index in [2.05, 4.69) is 32.6 Å². The molecule has 7 heteroatoms. The van der Waals surface area contributed by atoms with E-state index in [9.17, 15) is 13.2 Å². The van der Waals surface area contributed by atoms with Gasteiger partial charge in [0.05, 0.1) is 4.90 Å². The Morgan fingerprint density at radius 2 is 1.56 bits per heavy atom. The van der Waals surface area contributed by atoms with Crippen LogP contribution in [0.4, 0.5) is 11.4 Å². The van der Waals surface area contributed by atoms with E-state index in [-0.39, 0.29) is 16.4 Å². The first-order valence-corrected chi connectivity index (χ1v) is 10.7. The molecule has 3 rings (SSSR count). The number of para-hydroxylation sites is 1. The van der Waals surface area contributed by atoms with E-state index in [4.69, 9.17) is 0 Å². The minimum atomic E-state index is -3.81. The Kier molecular flexibility index (Phi) is 5.81. The molecule has 0 aliphatic heterocycles. The molecule has 1 amide bonds. The van der Waals surface area contributed by atoms with Gasteiger partial charge in [0.2, 0.25) is 0 Å². The molecule has 3 aromatic carbocycles. The van der Waals surface area contributed by atoms with Gasteiger partial charge < -0.3 is 5.32 Å². The highest BCUT2D eigenvalue weighted by atomic mass is 127. The van der Waals surface area contributed by atoms with Crippen molar-refractivity contribution in [3.05, 3.63) is 87.5 Å². The molecule has 0 atom stereocenters. The summed E-state index contributed by atoms with van der Waals surface area (Å²) >= 11 is 2.18. The Morgan fingerprint density at radius 1 is 0.889 bits per heavy atom. The molecule has 0 unspecified atom stereocenters. The minimum absolute atomic E-state index is 0.0709. The van der Waals surface area contributed by atoms with E-state index in [1.54, 1.807) is 61.5 Å². The molecular formula is C20H17IN2O3S. The number of carbonyl (C=O) groups is 1. The van der Waals surface area contributed by atoms with Crippen molar-refractivity contribution in [1.29, 1.82) is 0 Å². The third-order valence-corrected chi connectivity index (χ3v) is 6.11. The SMILES string of the molecule is Cc1ccc(C(=O)Nc2ccc(I)cc2)cc1S(=O)(=O)Nc1ccccc1. The highest BCUT2D eigenvalue weighted by molar-refractivity contribution is 14.1. The van der Waals surface area contributed by atoms with Gasteiger partial charge in [-0.15, -0.1) is 0 Å². The zero-order chi connectivity index (χ0) is 19.4. The molecule has 0 aromatic heterocycles. The smallest absolute Gasteiger partial charge is 0.262 e. The number of carbonyl (C=O) groups excluding carboxylic acids is 1. The molecule has 0 aliphatic carbocycles. The van der Waals surface area contributed by atoms with Gasteiger partial charge in [0.1, 0.15) is 0 Å². The van der Waals surface area contributed by atoms with Crippen LogP contribution in [0.2, 0.25) is 0 Å². The number of nitrogens with one attached hydrogen (secondary N) is 2. The zero-order valence-electron chi connectivity index (χ0n) is 14.4. The molecule has 3 aromatic rings. The van der Waals surface area contributed by atoms with Gasteiger partial charge in [0.25, 0.3) is 15.9 Å². The first kappa shape index (κ1) is 19.4. The average molecular weight is 492 g/mol. The van der Waals surface area contributed by atoms with Crippen LogP contribution < -0.4 is 10.0 Å². The van der Waals surface area contributed by atoms with Crippen LogP contribution >= 0.6 is 22.6 Å². The van der Waals surface area contributed by atoms with Crippen molar-refractivity contribution in [3.8, 4) is 0 Å². The van der Waals surface area contributed by atoms with Crippen LogP contribution in [-0.4, -0.2) is 14.3 Å². The molecule has 2 N–H and O–H groups in total. The maximum Gasteiger partial charge on any atom is 0.262 e. The molecule has 27 heavy (non-hydrogen) atoms. The van der Waals surface area contributed by atoms with Gasteiger partial charge in [0, 0.05) is 20.5 Å². The molecule has 0 saturated heterocycles. The maximum atomic E-state index is 12.7. The minimum Gasteiger partial charge on any atom is -0.322 e. The predicted octanol–water partition coefficient (Wildman–Crippen LogP) is 4.65. The number of sulfonamides is 1. The van der Waals surface area contributed by atoms with Gasteiger partial charge in [-0.25, -0.2) is 8.42 Å². The molecule has 5 nitrogen and oxygen atoms in total. The van der Waals surface area contributed by atoms with Gasteiger partial charge in [-0.2, -0.15) is 0 Å². The molecular weight excluding hydrogens is 475 g/mol. The van der Waals surface area contributed by atoms with E-state index < -0.39 is 10.0 Å². The Bertz CT molecular complexity index is 1070. The van der Waals surface area contributed by atoms with Crippen LogP contribution in [0.3, 0.4) is 0 Å². The summed E-state index contributed by atoms with van der Waals surface area (Å²) in [6.07, 6.45) is 0. The second-order valence-corrected chi connectivity index (χ2v) is 8.81. The van der Waals surface area contributed by atoms with Crippen LogP contribution in [0.5, 0.6) is 0 Å². The standard InChI is InChI=1S/C20H17IN2O3S/c1-14-7-8-15(20(24)22-17-11-9-16(21)10-12-17)13-19(14)27(25,26)23-18-5-3-2-4-6-18/h2-13,23H,1H3,(H,22,24). The predicted molar refractivity (Wildman–Crippen MR) is 116 cm³/mol. The summed E-state index contributed by atoms with van der Waals surface area (Å²) in [5.41, 5.74) is 1.94. The fourth-order valence-corrected chi connectivity index (χ4v) is 4.17. The monoisotopic (exact) mass is 492 g/mol. The third kappa shape index (κ3) is 4.86. The molecule has 138 valence electrons. The van der Waals surface area contributed by atoms with Gasteiger partial charge >= 0.3 is 0 Å². The van der Waals surface area contributed by atoms with Crippen molar-refractivity contribution in [1.82, 2.24) is 0 Å². The normalized spacial score (nSPS) is 11.0. The molecule has 0 radical (unpaired) electrons. The summed E-state index contributed by atoms with van der Waals surface area (Å²) in [6.45, 7) is 1.69. The van der Waals surface area contributed by atoms with Crippen LogP contribution in [0.1, 0.15) is 15.9 Å². The average Bonchev–Trinajstić information content (AvgIpc) is 2.64. The highest BCUT2D eigenvalue weighted by Gasteiger charge is 2.19. The van der Waals surface area contributed by atoms with Crippen molar-refractivity contribution in [3.63, 3.8) is 0 Å². The van der Waals surface area contributed by atoms with E-state index >= 15 is 0 Å².